The molecule has 0 radical (unpaired) electrons. The van der Waals surface area contributed by atoms with Crippen molar-refractivity contribution in [3.63, 3.8) is 0 Å². The molecular formula is C33H28P4. The molecule has 4 aromatic carbocycles. The summed E-state index contributed by atoms with van der Waals surface area (Å²) in [5.74, 6) is 0. The van der Waals surface area contributed by atoms with Crippen LogP contribution < -0.4 is 0 Å². The molecule has 4 heteroatoms. The van der Waals surface area contributed by atoms with Gasteiger partial charge >= 0.3 is 0 Å². The molecule has 0 saturated carbocycles. The van der Waals surface area contributed by atoms with Gasteiger partial charge in [-0.3, -0.25) is 0 Å². The van der Waals surface area contributed by atoms with E-state index in [1.54, 1.807) is 10.6 Å². The average molecular weight is 548 g/mol. The van der Waals surface area contributed by atoms with Gasteiger partial charge in [-0.05, 0) is 52.1 Å². The van der Waals surface area contributed by atoms with E-state index in [0.29, 0.717) is 0 Å². The van der Waals surface area contributed by atoms with E-state index in [0.717, 1.165) is 0 Å². The molecule has 2 atom stereocenters. The Kier molecular flexibility index (Phi) is 7.84. The smallest absolute Gasteiger partial charge is 0.0212 e. The molecule has 6 rings (SSSR count). The van der Waals surface area contributed by atoms with Crippen LogP contribution in [0.2, 0.25) is 0 Å². The first-order chi connectivity index (χ1) is 18.4. The Morgan fingerprint density at radius 1 is 0.405 bits per heavy atom. The molecule has 0 aliphatic carbocycles. The van der Waals surface area contributed by atoms with Crippen LogP contribution in [0.4, 0.5) is 0 Å². The van der Waals surface area contributed by atoms with Gasteiger partial charge in [-0.2, -0.15) is 0 Å². The first-order valence-electron chi connectivity index (χ1n) is 12.7. The zero-order chi connectivity index (χ0) is 24.9. The lowest BCUT2D eigenvalue weighted by Crippen LogP contribution is -1.82. The molecule has 0 aliphatic rings. The van der Waals surface area contributed by atoms with Gasteiger partial charge in [0, 0.05) is 21.2 Å². The number of rotatable bonds is 8. The quantitative estimate of drug-likeness (QED) is 0.177. The van der Waals surface area contributed by atoms with Gasteiger partial charge in [0.15, 0.2) is 0 Å². The number of hydrogen-bond donors (Lipinski definition) is 0. The van der Waals surface area contributed by atoms with Crippen molar-refractivity contribution in [2.75, 3.05) is 0 Å². The normalized spacial score (nSPS) is 12.4. The molecule has 0 spiro atoms. The fraction of sp³-hybridized carbons (Fsp3) is 0.0909. The van der Waals surface area contributed by atoms with Crippen LogP contribution in [-0.2, 0) is 12.3 Å². The van der Waals surface area contributed by atoms with E-state index in [2.05, 4.69) is 132 Å². The Morgan fingerprint density at radius 3 is 1.08 bits per heavy atom. The Labute approximate surface area is 225 Å². The summed E-state index contributed by atoms with van der Waals surface area (Å²) < 4.78 is 0. The molecule has 180 valence electrons. The van der Waals surface area contributed by atoms with Crippen molar-refractivity contribution in [2.45, 2.75) is 18.7 Å². The van der Waals surface area contributed by atoms with E-state index in [1.165, 1.54) is 68.0 Å². The monoisotopic (exact) mass is 548 g/mol. The van der Waals surface area contributed by atoms with E-state index < -0.39 is 0 Å². The molecule has 0 amide bonds. The van der Waals surface area contributed by atoms with E-state index in [-0.39, 0.29) is 15.1 Å². The summed E-state index contributed by atoms with van der Waals surface area (Å²) >= 11 is 0. The first kappa shape index (κ1) is 24.6. The second-order valence-corrected chi connectivity index (χ2v) is 16.0. The SMILES string of the molecule is c1ccc(-c2pcp(CCCp3cpc(-c4ccccc4)c3-c3ccccc3)c2-c2ccccc2)cc1. The van der Waals surface area contributed by atoms with Crippen molar-refractivity contribution in [3.8, 4) is 43.4 Å². The fourth-order valence-electron chi connectivity index (χ4n) is 4.93. The van der Waals surface area contributed by atoms with Gasteiger partial charge in [0.1, 0.15) is 0 Å². The lowest BCUT2D eigenvalue weighted by Gasteiger charge is -2.12. The van der Waals surface area contributed by atoms with Crippen LogP contribution in [0.1, 0.15) is 6.42 Å². The standard InChI is InChI=1S/C33H28P4/c1-5-14-26(15-6-1)30-32(28-18-9-3-10-19-28)36(24-34-30)22-13-23-37-25-35-31(27-16-7-2-8-17-27)33(37)29-20-11-4-12-21-29/h1-12,14-21,24-25H,13,22-23H2. The summed E-state index contributed by atoms with van der Waals surface area (Å²) in [5.41, 5.74) is 10.8. The zero-order valence-electron chi connectivity index (χ0n) is 20.6. The maximum absolute atomic E-state index is 2.60. The van der Waals surface area contributed by atoms with Crippen LogP contribution >= 0.6 is 31.5 Å². The maximum atomic E-state index is 2.60. The predicted molar refractivity (Wildman–Crippen MR) is 170 cm³/mol. The summed E-state index contributed by atoms with van der Waals surface area (Å²) in [7, 11) is 2.21. The van der Waals surface area contributed by atoms with Gasteiger partial charge < -0.3 is 0 Å². The fourth-order valence-corrected chi connectivity index (χ4v) is 14.5. The van der Waals surface area contributed by atoms with Crippen molar-refractivity contribution in [2.24, 2.45) is 0 Å². The predicted octanol–water partition coefficient (Wildman–Crippen LogP) is 12.6. The number of hydrogen-bond acceptors (Lipinski definition) is 0. The highest BCUT2D eigenvalue weighted by molar-refractivity contribution is 7.63. The lowest BCUT2D eigenvalue weighted by molar-refractivity contribution is 0.985. The minimum absolute atomic E-state index is 0.271. The summed E-state index contributed by atoms with van der Waals surface area (Å²) in [6, 6.07) is 44.2. The van der Waals surface area contributed by atoms with Gasteiger partial charge in [0.05, 0.1) is 0 Å². The van der Waals surface area contributed by atoms with Crippen LogP contribution in [-0.4, -0.2) is 0 Å². The largest absolute Gasteiger partial charge is 0.111 e. The highest BCUT2D eigenvalue weighted by Crippen LogP contribution is 2.57. The molecule has 37 heavy (non-hydrogen) atoms. The molecule has 0 nitrogen and oxygen atoms in total. The highest BCUT2D eigenvalue weighted by Gasteiger charge is 2.17. The van der Waals surface area contributed by atoms with E-state index in [1.807, 2.05) is 0 Å². The molecule has 0 bridgehead atoms. The number of benzene rings is 4. The van der Waals surface area contributed by atoms with Gasteiger partial charge in [0.25, 0.3) is 0 Å². The van der Waals surface area contributed by atoms with E-state index in [4.69, 9.17) is 0 Å². The van der Waals surface area contributed by atoms with Crippen molar-refractivity contribution < 1.29 is 0 Å². The van der Waals surface area contributed by atoms with Gasteiger partial charge in [0.2, 0.25) is 0 Å². The lowest BCUT2D eigenvalue weighted by atomic mass is 10.1. The third-order valence-electron chi connectivity index (χ3n) is 6.66. The second-order valence-electron chi connectivity index (χ2n) is 9.09. The summed E-state index contributed by atoms with van der Waals surface area (Å²) in [6.45, 7) is 0. The summed E-state index contributed by atoms with van der Waals surface area (Å²) in [5, 5.41) is 6.19. The molecule has 2 unspecified atom stereocenters. The van der Waals surface area contributed by atoms with Gasteiger partial charge in [-0.25, -0.2) is 0 Å². The average Bonchev–Trinajstić information content (AvgIpc) is 3.60. The molecule has 2 heterocycles. The Balaban J connectivity index is 1.31. The van der Waals surface area contributed by atoms with Crippen LogP contribution in [0.25, 0.3) is 43.4 Å². The highest BCUT2D eigenvalue weighted by atomic mass is 31.1. The minimum Gasteiger partial charge on any atom is -0.111 e. The van der Waals surface area contributed by atoms with Gasteiger partial charge in [-0.1, -0.05) is 138 Å². The van der Waals surface area contributed by atoms with Crippen LogP contribution in [0.15, 0.2) is 132 Å². The topological polar surface area (TPSA) is 0 Å². The molecule has 0 N–H and O–H groups in total. The molecule has 0 aliphatic heterocycles. The molecule has 2 aromatic heterocycles. The summed E-state index contributed by atoms with van der Waals surface area (Å²) in [4.78, 5) is 0. The first-order valence-corrected chi connectivity index (χ1v) is 17.8. The van der Waals surface area contributed by atoms with Crippen molar-refractivity contribution >= 4 is 31.5 Å². The van der Waals surface area contributed by atoms with E-state index in [9.17, 15) is 0 Å². The number of aryl methyl sites for hydroxylation is 2. The molecule has 0 saturated heterocycles. The van der Waals surface area contributed by atoms with Crippen LogP contribution in [0.5, 0.6) is 0 Å². The molecular weight excluding hydrogens is 520 g/mol. The van der Waals surface area contributed by atoms with Crippen molar-refractivity contribution in [3.05, 3.63) is 132 Å². The van der Waals surface area contributed by atoms with Gasteiger partial charge in [-0.15, -0.1) is 15.1 Å². The third-order valence-corrected chi connectivity index (χ3v) is 15.4. The maximum Gasteiger partial charge on any atom is 0.0212 e. The molecule has 0 fully saturated rings. The zero-order valence-corrected chi connectivity index (χ0v) is 24.2. The summed E-state index contributed by atoms with van der Waals surface area (Å²) in [6.07, 6.45) is 3.82. The Bertz CT molecular complexity index is 1450. The Hall–Kier alpha value is -2.70. The Morgan fingerprint density at radius 2 is 0.730 bits per heavy atom. The van der Waals surface area contributed by atoms with E-state index >= 15 is 0 Å². The van der Waals surface area contributed by atoms with Crippen LogP contribution in [0.3, 0.4) is 0 Å². The minimum atomic E-state index is -0.271. The third kappa shape index (κ3) is 5.46. The van der Waals surface area contributed by atoms with Crippen molar-refractivity contribution in [1.82, 2.24) is 0 Å². The second kappa shape index (κ2) is 11.8. The molecule has 6 aromatic rings. The van der Waals surface area contributed by atoms with Crippen molar-refractivity contribution in [1.29, 1.82) is 0 Å². The van der Waals surface area contributed by atoms with Crippen LogP contribution in [0, 0.1) is 0 Å².